The SMILES string of the molecule is O=S(=O)(Nc1nc(-c2cccs2)cs1)c1ccc2c(c1)OCCO2. The molecule has 0 saturated carbocycles. The predicted octanol–water partition coefficient (Wildman–Crippen LogP) is 3.44. The van der Waals surface area contributed by atoms with Crippen molar-refractivity contribution in [3.05, 3.63) is 41.1 Å². The molecule has 0 aliphatic carbocycles. The highest BCUT2D eigenvalue weighted by atomic mass is 32.2. The summed E-state index contributed by atoms with van der Waals surface area (Å²) in [6, 6.07) is 8.42. The summed E-state index contributed by atoms with van der Waals surface area (Å²) in [4.78, 5) is 5.44. The molecule has 1 aliphatic heterocycles. The normalized spacial score (nSPS) is 13.7. The molecule has 0 radical (unpaired) electrons. The van der Waals surface area contributed by atoms with E-state index in [4.69, 9.17) is 9.47 Å². The van der Waals surface area contributed by atoms with E-state index < -0.39 is 10.0 Å². The highest BCUT2D eigenvalue weighted by Gasteiger charge is 2.20. The first kappa shape index (κ1) is 15.4. The molecule has 1 aromatic carbocycles. The minimum Gasteiger partial charge on any atom is -0.486 e. The zero-order valence-electron chi connectivity index (χ0n) is 12.3. The third kappa shape index (κ3) is 2.97. The molecule has 0 amide bonds. The number of aromatic nitrogens is 1. The Labute approximate surface area is 146 Å². The van der Waals surface area contributed by atoms with Crippen molar-refractivity contribution < 1.29 is 17.9 Å². The van der Waals surface area contributed by atoms with Crippen LogP contribution in [0.2, 0.25) is 0 Å². The lowest BCUT2D eigenvalue weighted by molar-refractivity contribution is 0.171. The second kappa shape index (κ2) is 6.08. The van der Waals surface area contributed by atoms with Crippen LogP contribution in [0.15, 0.2) is 46.0 Å². The minimum absolute atomic E-state index is 0.111. The van der Waals surface area contributed by atoms with Gasteiger partial charge in [0.25, 0.3) is 10.0 Å². The highest BCUT2D eigenvalue weighted by Crippen LogP contribution is 2.33. The second-order valence-corrected chi connectivity index (χ2v) is 8.41. The van der Waals surface area contributed by atoms with Crippen LogP contribution >= 0.6 is 22.7 Å². The van der Waals surface area contributed by atoms with Crippen LogP contribution in [0.5, 0.6) is 11.5 Å². The van der Waals surface area contributed by atoms with Gasteiger partial charge in [0.2, 0.25) is 0 Å². The van der Waals surface area contributed by atoms with E-state index in [2.05, 4.69) is 9.71 Å². The summed E-state index contributed by atoms with van der Waals surface area (Å²) in [6.07, 6.45) is 0. The largest absolute Gasteiger partial charge is 0.486 e. The molecule has 3 heterocycles. The van der Waals surface area contributed by atoms with Gasteiger partial charge in [-0.15, -0.1) is 22.7 Å². The summed E-state index contributed by atoms with van der Waals surface area (Å²) in [5, 5.41) is 4.11. The van der Waals surface area contributed by atoms with Gasteiger partial charge in [0.1, 0.15) is 13.2 Å². The van der Waals surface area contributed by atoms with Gasteiger partial charge in [0, 0.05) is 11.4 Å². The lowest BCUT2D eigenvalue weighted by Gasteiger charge is -2.18. The molecule has 1 N–H and O–H groups in total. The molecule has 6 nitrogen and oxygen atoms in total. The first-order valence-electron chi connectivity index (χ1n) is 7.04. The third-order valence-electron chi connectivity index (χ3n) is 3.32. The van der Waals surface area contributed by atoms with E-state index in [0.29, 0.717) is 29.8 Å². The quantitative estimate of drug-likeness (QED) is 0.750. The summed E-state index contributed by atoms with van der Waals surface area (Å²) < 4.78 is 38.4. The average molecular weight is 380 g/mol. The molecule has 124 valence electrons. The van der Waals surface area contributed by atoms with E-state index in [1.54, 1.807) is 17.4 Å². The van der Waals surface area contributed by atoms with Crippen molar-refractivity contribution in [2.75, 3.05) is 17.9 Å². The Balaban J connectivity index is 1.59. The smallest absolute Gasteiger partial charge is 0.263 e. The van der Waals surface area contributed by atoms with Gasteiger partial charge in [-0.2, -0.15) is 0 Å². The number of anilines is 1. The van der Waals surface area contributed by atoms with Crippen LogP contribution in [0, 0.1) is 0 Å². The number of nitrogens with one attached hydrogen (secondary N) is 1. The van der Waals surface area contributed by atoms with Gasteiger partial charge in [-0.25, -0.2) is 13.4 Å². The Kier molecular flexibility index (Phi) is 3.91. The van der Waals surface area contributed by atoms with Crippen LogP contribution in [-0.2, 0) is 10.0 Å². The molecule has 0 fully saturated rings. The summed E-state index contributed by atoms with van der Waals surface area (Å²) in [7, 11) is -3.74. The molecule has 3 aromatic rings. The Morgan fingerprint density at radius 2 is 1.92 bits per heavy atom. The van der Waals surface area contributed by atoms with Crippen LogP contribution in [0.4, 0.5) is 5.13 Å². The predicted molar refractivity (Wildman–Crippen MR) is 93.7 cm³/mol. The lowest BCUT2D eigenvalue weighted by Crippen LogP contribution is -2.17. The molecular formula is C15H12N2O4S3. The summed E-state index contributed by atoms with van der Waals surface area (Å²) in [6.45, 7) is 0.864. The van der Waals surface area contributed by atoms with Gasteiger partial charge in [-0.3, -0.25) is 4.72 Å². The van der Waals surface area contributed by atoms with E-state index in [-0.39, 0.29) is 4.90 Å². The fourth-order valence-electron chi connectivity index (χ4n) is 2.22. The summed E-state index contributed by atoms with van der Waals surface area (Å²) in [5.41, 5.74) is 0.759. The molecule has 0 atom stereocenters. The number of ether oxygens (including phenoxy) is 2. The van der Waals surface area contributed by atoms with Crippen molar-refractivity contribution in [1.82, 2.24) is 4.98 Å². The Morgan fingerprint density at radius 3 is 2.71 bits per heavy atom. The maximum Gasteiger partial charge on any atom is 0.263 e. The molecule has 24 heavy (non-hydrogen) atoms. The van der Waals surface area contributed by atoms with Gasteiger partial charge in [0.05, 0.1) is 15.5 Å². The first-order valence-corrected chi connectivity index (χ1v) is 10.3. The van der Waals surface area contributed by atoms with E-state index in [1.165, 1.54) is 23.5 Å². The average Bonchev–Trinajstić information content (AvgIpc) is 3.25. The number of nitrogens with zero attached hydrogens (tertiary/aromatic N) is 1. The number of rotatable bonds is 4. The van der Waals surface area contributed by atoms with Crippen LogP contribution in [0.25, 0.3) is 10.6 Å². The van der Waals surface area contributed by atoms with E-state index >= 15 is 0 Å². The molecule has 2 aromatic heterocycles. The van der Waals surface area contributed by atoms with E-state index in [9.17, 15) is 8.42 Å². The maximum atomic E-state index is 12.5. The monoisotopic (exact) mass is 380 g/mol. The second-order valence-electron chi connectivity index (χ2n) is 4.93. The van der Waals surface area contributed by atoms with E-state index in [0.717, 1.165) is 10.6 Å². The molecule has 1 aliphatic rings. The van der Waals surface area contributed by atoms with Crippen LogP contribution < -0.4 is 14.2 Å². The number of hydrogen-bond donors (Lipinski definition) is 1. The van der Waals surface area contributed by atoms with Crippen molar-refractivity contribution in [3.8, 4) is 22.1 Å². The van der Waals surface area contributed by atoms with Crippen molar-refractivity contribution in [1.29, 1.82) is 0 Å². The highest BCUT2D eigenvalue weighted by molar-refractivity contribution is 7.93. The molecule has 4 rings (SSSR count). The van der Waals surface area contributed by atoms with Crippen molar-refractivity contribution in [2.24, 2.45) is 0 Å². The Bertz CT molecular complexity index is 965. The van der Waals surface area contributed by atoms with E-state index in [1.807, 2.05) is 22.9 Å². The minimum atomic E-state index is -3.74. The van der Waals surface area contributed by atoms with Gasteiger partial charge < -0.3 is 9.47 Å². The van der Waals surface area contributed by atoms with Gasteiger partial charge in [-0.1, -0.05) is 6.07 Å². The van der Waals surface area contributed by atoms with Crippen molar-refractivity contribution >= 4 is 37.8 Å². The number of thiazole rings is 1. The molecule has 9 heteroatoms. The van der Waals surface area contributed by atoms with Gasteiger partial charge >= 0.3 is 0 Å². The van der Waals surface area contributed by atoms with Crippen molar-refractivity contribution in [2.45, 2.75) is 4.90 Å². The third-order valence-corrected chi connectivity index (χ3v) is 6.44. The number of benzene rings is 1. The summed E-state index contributed by atoms with van der Waals surface area (Å²) in [5.74, 6) is 0.983. The maximum absolute atomic E-state index is 12.5. The fraction of sp³-hybridized carbons (Fsp3) is 0.133. The molecule has 0 unspecified atom stereocenters. The lowest BCUT2D eigenvalue weighted by atomic mass is 10.3. The first-order chi connectivity index (χ1) is 11.6. The number of sulfonamides is 1. The Hall–Kier alpha value is -2.10. The van der Waals surface area contributed by atoms with Crippen LogP contribution in [0.1, 0.15) is 0 Å². The number of fused-ring (bicyclic) bond motifs is 1. The number of thiophene rings is 1. The van der Waals surface area contributed by atoms with Crippen LogP contribution in [0.3, 0.4) is 0 Å². The molecular weight excluding hydrogens is 368 g/mol. The van der Waals surface area contributed by atoms with Gasteiger partial charge in [-0.05, 0) is 23.6 Å². The summed E-state index contributed by atoms with van der Waals surface area (Å²) >= 11 is 2.80. The standard InChI is InChI=1S/C15H12N2O4S3/c18-24(19,10-3-4-12-13(8-10)21-6-5-20-12)17-15-16-11(9-23-15)14-2-1-7-22-14/h1-4,7-9H,5-6H2,(H,16,17). The molecule has 0 spiro atoms. The molecule has 0 saturated heterocycles. The van der Waals surface area contributed by atoms with Gasteiger partial charge in [0.15, 0.2) is 16.6 Å². The van der Waals surface area contributed by atoms with Crippen molar-refractivity contribution in [3.63, 3.8) is 0 Å². The molecule has 0 bridgehead atoms. The zero-order valence-corrected chi connectivity index (χ0v) is 14.7. The topological polar surface area (TPSA) is 77.5 Å². The zero-order chi connectivity index (χ0) is 16.6. The van der Waals surface area contributed by atoms with Crippen LogP contribution in [-0.4, -0.2) is 26.6 Å². The fourth-order valence-corrected chi connectivity index (χ4v) is 4.96. The Morgan fingerprint density at radius 1 is 1.08 bits per heavy atom. The number of hydrogen-bond acceptors (Lipinski definition) is 7.